The van der Waals surface area contributed by atoms with Crippen LogP contribution in [0.1, 0.15) is 27.5 Å². The van der Waals surface area contributed by atoms with E-state index in [1.54, 1.807) is 6.07 Å². The van der Waals surface area contributed by atoms with Crippen molar-refractivity contribution in [3.05, 3.63) is 51.4 Å². The minimum atomic E-state index is -0.238. The number of halogens is 1. The van der Waals surface area contributed by atoms with Crippen molar-refractivity contribution < 1.29 is 9.21 Å². The Morgan fingerprint density at radius 3 is 2.90 bits per heavy atom. The first-order chi connectivity index (χ1) is 10.1. The van der Waals surface area contributed by atoms with Crippen LogP contribution in [0.3, 0.4) is 0 Å². The van der Waals surface area contributed by atoms with Gasteiger partial charge in [0.25, 0.3) is 5.91 Å². The molecule has 3 rings (SSSR count). The monoisotopic (exact) mass is 347 g/mol. The summed E-state index contributed by atoms with van der Waals surface area (Å²) < 4.78 is 6.48. The molecule has 0 aliphatic rings. The molecule has 5 nitrogen and oxygen atoms in total. The average Bonchev–Trinajstić information content (AvgIpc) is 3.02. The summed E-state index contributed by atoms with van der Waals surface area (Å²) >= 11 is 3.44. The number of carbonyl (C=O) groups excluding carboxylic acids is 1. The van der Waals surface area contributed by atoms with Gasteiger partial charge in [-0.3, -0.25) is 9.89 Å². The minimum Gasteiger partial charge on any atom is -0.451 e. The van der Waals surface area contributed by atoms with Crippen LogP contribution in [0.25, 0.3) is 11.0 Å². The quantitative estimate of drug-likeness (QED) is 0.761. The molecule has 2 N–H and O–H groups in total. The first-order valence-electron chi connectivity index (χ1n) is 6.53. The topological polar surface area (TPSA) is 70.9 Å². The van der Waals surface area contributed by atoms with E-state index in [1.807, 2.05) is 32.0 Å². The van der Waals surface area contributed by atoms with E-state index in [2.05, 4.69) is 31.4 Å². The summed E-state index contributed by atoms with van der Waals surface area (Å²) in [6, 6.07) is 7.36. The largest absolute Gasteiger partial charge is 0.451 e. The Bertz CT molecular complexity index is 800. The zero-order chi connectivity index (χ0) is 15.0. The maximum atomic E-state index is 12.2. The highest BCUT2D eigenvalue weighted by Crippen LogP contribution is 2.26. The third-order valence-electron chi connectivity index (χ3n) is 3.44. The van der Waals surface area contributed by atoms with Crippen LogP contribution in [-0.2, 0) is 6.54 Å². The molecule has 0 saturated carbocycles. The maximum Gasteiger partial charge on any atom is 0.287 e. The van der Waals surface area contributed by atoms with Gasteiger partial charge in [-0.15, -0.1) is 0 Å². The second-order valence-electron chi connectivity index (χ2n) is 4.86. The molecular weight excluding hydrogens is 334 g/mol. The first-order valence-corrected chi connectivity index (χ1v) is 7.32. The van der Waals surface area contributed by atoms with Crippen molar-refractivity contribution >= 4 is 32.8 Å². The van der Waals surface area contributed by atoms with Crippen LogP contribution < -0.4 is 5.32 Å². The molecule has 0 saturated heterocycles. The summed E-state index contributed by atoms with van der Waals surface area (Å²) in [7, 11) is 0. The van der Waals surface area contributed by atoms with Crippen LogP contribution in [0.4, 0.5) is 0 Å². The number of aryl methyl sites for hydroxylation is 2. The lowest BCUT2D eigenvalue weighted by atomic mass is 10.2. The van der Waals surface area contributed by atoms with Crippen LogP contribution in [0.5, 0.6) is 0 Å². The van der Waals surface area contributed by atoms with Crippen molar-refractivity contribution in [1.82, 2.24) is 15.5 Å². The van der Waals surface area contributed by atoms with E-state index in [0.29, 0.717) is 17.9 Å². The van der Waals surface area contributed by atoms with Gasteiger partial charge in [0.05, 0.1) is 5.69 Å². The third kappa shape index (κ3) is 2.58. The van der Waals surface area contributed by atoms with E-state index in [9.17, 15) is 4.79 Å². The van der Waals surface area contributed by atoms with Gasteiger partial charge >= 0.3 is 0 Å². The number of benzene rings is 1. The van der Waals surface area contributed by atoms with Crippen molar-refractivity contribution in [1.29, 1.82) is 0 Å². The second kappa shape index (κ2) is 5.37. The summed E-state index contributed by atoms with van der Waals surface area (Å²) in [5, 5.41) is 10.7. The molecule has 0 bridgehead atoms. The van der Waals surface area contributed by atoms with Crippen LogP contribution in [0.2, 0.25) is 0 Å². The van der Waals surface area contributed by atoms with Crippen LogP contribution in [-0.4, -0.2) is 16.1 Å². The van der Waals surface area contributed by atoms with Gasteiger partial charge in [-0.05, 0) is 32.0 Å². The molecule has 108 valence electrons. The van der Waals surface area contributed by atoms with E-state index < -0.39 is 0 Å². The number of hydrogen-bond donors (Lipinski definition) is 2. The molecular formula is C15H14BrN3O2. The van der Waals surface area contributed by atoms with Gasteiger partial charge in [-0.2, -0.15) is 5.10 Å². The zero-order valence-electron chi connectivity index (χ0n) is 11.7. The highest BCUT2D eigenvalue weighted by atomic mass is 79.9. The normalized spacial score (nSPS) is 11.0. The Kier molecular flexibility index (Phi) is 3.55. The summed E-state index contributed by atoms with van der Waals surface area (Å²) in [5.74, 6) is 0.0637. The smallest absolute Gasteiger partial charge is 0.287 e. The number of amides is 1. The van der Waals surface area contributed by atoms with E-state index in [1.165, 1.54) is 0 Å². The van der Waals surface area contributed by atoms with Crippen molar-refractivity contribution in [2.45, 2.75) is 20.4 Å². The number of aromatic amines is 1. The Morgan fingerprint density at radius 1 is 1.43 bits per heavy atom. The molecule has 0 fully saturated rings. The number of nitrogens with one attached hydrogen (secondary N) is 2. The standard InChI is InChI=1S/C15H14BrN3O2/c1-8-11(9(2)19-18-8)7-17-15(20)14-6-10-12(16)4-3-5-13(10)21-14/h3-6H,7H2,1-2H3,(H,17,20)(H,18,19). The van der Waals surface area contributed by atoms with Gasteiger partial charge in [0, 0.05) is 27.7 Å². The van der Waals surface area contributed by atoms with Crippen molar-refractivity contribution in [3.63, 3.8) is 0 Å². The lowest BCUT2D eigenvalue weighted by molar-refractivity contribution is 0.0925. The SMILES string of the molecule is Cc1n[nH]c(C)c1CNC(=O)c1cc2c(Br)cccc2o1. The summed E-state index contributed by atoms with van der Waals surface area (Å²) in [4.78, 5) is 12.2. The lowest BCUT2D eigenvalue weighted by Crippen LogP contribution is -2.22. The molecule has 21 heavy (non-hydrogen) atoms. The molecule has 2 aromatic heterocycles. The van der Waals surface area contributed by atoms with Crippen LogP contribution in [0, 0.1) is 13.8 Å². The van der Waals surface area contributed by atoms with Crippen molar-refractivity contribution in [3.8, 4) is 0 Å². The molecule has 0 spiro atoms. The van der Waals surface area contributed by atoms with Gasteiger partial charge in [0.15, 0.2) is 5.76 Å². The molecule has 0 unspecified atom stereocenters. The van der Waals surface area contributed by atoms with Crippen molar-refractivity contribution in [2.75, 3.05) is 0 Å². The molecule has 1 amide bonds. The number of carbonyl (C=O) groups is 1. The molecule has 1 aromatic carbocycles. The first kappa shape index (κ1) is 13.9. The lowest BCUT2D eigenvalue weighted by Gasteiger charge is -2.03. The summed E-state index contributed by atoms with van der Waals surface area (Å²) in [6.07, 6.45) is 0. The highest BCUT2D eigenvalue weighted by molar-refractivity contribution is 9.10. The van der Waals surface area contributed by atoms with E-state index in [0.717, 1.165) is 26.8 Å². The predicted octanol–water partition coefficient (Wildman–Crippen LogP) is 3.47. The third-order valence-corrected chi connectivity index (χ3v) is 4.13. The number of furan rings is 1. The fraction of sp³-hybridized carbons (Fsp3) is 0.200. The van der Waals surface area contributed by atoms with Gasteiger partial charge in [0.1, 0.15) is 5.58 Å². The van der Waals surface area contributed by atoms with Crippen LogP contribution in [0.15, 0.2) is 33.2 Å². The zero-order valence-corrected chi connectivity index (χ0v) is 13.2. The average molecular weight is 348 g/mol. The molecule has 0 atom stereocenters. The number of nitrogens with zero attached hydrogens (tertiary/aromatic N) is 1. The molecule has 0 radical (unpaired) electrons. The molecule has 3 aromatic rings. The van der Waals surface area contributed by atoms with Gasteiger partial charge < -0.3 is 9.73 Å². The Balaban J connectivity index is 1.80. The number of H-pyrrole nitrogens is 1. The molecule has 6 heteroatoms. The summed E-state index contributed by atoms with van der Waals surface area (Å²) in [6.45, 7) is 4.26. The predicted molar refractivity (Wildman–Crippen MR) is 83.1 cm³/mol. The van der Waals surface area contributed by atoms with Gasteiger partial charge in [-0.25, -0.2) is 0 Å². The fourth-order valence-electron chi connectivity index (χ4n) is 2.23. The number of fused-ring (bicyclic) bond motifs is 1. The van der Waals surface area contributed by atoms with Crippen LogP contribution >= 0.6 is 15.9 Å². The van der Waals surface area contributed by atoms with Crippen molar-refractivity contribution in [2.24, 2.45) is 0 Å². The molecule has 0 aliphatic heterocycles. The number of aromatic nitrogens is 2. The number of hydrogen-bond acceptors (Lipinski definition) is 3. The van der Waals surface area contributed by atoms with E-state index in [-0.39, 0.29) is 5.91 Å². The molecule has 0 aliphatic carbocycles. The Morgan fingerprint density at radius 2 is 2.24 bits per heavy atom. The fourth-order valence-corrected chi connectivity index (χ4v) is 2.69. The Labute approximate surface area is 129 Å². The highest BCUT2D eigenvalue weighted by Gasteiger charge is 2.14. The minimum absolute atomic E-state index is 0.238. The molecule has 2 heterocycles. The van der Waals surface area contributed by atoms with E-state index in [4.69, 9.17) is 4.42 Å². The number of rotatable bonds is 3. The maximum absolute atomic E-state index is 12.2. The summed E-state index contributed by atoms with van der Waals surface area (Å²) in [5.41, 5.74) is 3.53. The Hall–Kier alpha value is -2.08. The van der Waals surface area contributed by atoms with Gasteiger partial charge in [-0.1, -0.05) is 22.0 Å². The van der Waals surface area contributed by atoms with E-state index >= 15 is 0 Å². The second-order valence-corrected chi connectivity index (χ2v) is 5.71. The van der Waals surface area contributed by atoms with Gasteiger partial charge in [0.2, 0.25) is 0 Å².